The number of phenolic OH excluding ortho intramolecular Hbond substituents is 6. The number of primary amides is 1. The van der Waals surface area contributed by atoms with Crippen molar-refractivity contribution in [3.63, 3.8) is 0 Å². The third-order valence-corrected chi connectivity index (χ3v) is 4.71. The summed E-state index contributed by atoms with van der Waals surface area (Å²) in [5.74, 6) is -4.94. The molecule has 0 saturated heterocycles. The molecule has 0 aliphatic rings. The lowest BCUT2D eigenvalue weighted by atomic mass is 10.1. The topological polar surface area (TPSA) is 185 Å². The molecule has 166 valence electrons. The lowest BCUT2D eigenvalue weighted by Gasteiger charge is -2.24. The Kier molecular flexibility index (Phi) is 5.97. The largest absolute Gasteiger partial charge is 0.504 e. The van der Waals surface area contributed by atoms with Crippen molar-refractivity contribution in [3.8, 4) is 34.5 Å². The molecular formula is C22H20N2O8. The zero-order valence-electron chi connectivity index (χ0n) is 16.6. The van der Waals surface area contributed by atoms with Crippen LogP contribution in [-0.2, 0) is 13.1 Å². The van der Waals surface area contributed by atoms with Crippen LogP contribution >= 0.6 is 0 Å². The summed E-state index contributed by atoms with van der Waals surface area (Å²) in [7, 11) is 0. The summed E-state index contributed by atoms with van der Waals surface area (Å²) in [6, 6.07) is 10.2. The van der Waals surface area contributed by atoms with E-state index in [1.807, 2.05) is 0 Å². The van der Waals surface area contributed by atoms with Crippen LogP contribution in [0.5, 0.6) is 34.5 Å². The molecule has 0 atom stereocenters. The van der Waals surface area contributed by atoms with Gasteiger partial charge in [-0.05, 0) is 59.7 Å². The van der Waals surface area contributed by atoms with E-state index in [0.717, 1.165) is 24.3 Å². The fourth-order valence-electron chi connectivity index (χ4n) is 3.10. The zero-order chi connectivity index (χ0) is 23.6. The number of nitrogens with two attached hydrogens (primary N) is 1. The molecule has 0 aliphatic carbocycles. The van der Waals surface area contributed by atoms with Crippen LogP contribution in [0.25, 0.3) is 0 Å². The molecule has 0 bridgehead atoms. The van der Waals surface area contributed by atoms with Gasteiger partial charge in [-0.2, -0.15) is 0 Å². The maximum Gasteiger partial charge on any atom is 0.254 e. The molecular weight excluding hydrogens is 420 g/mol. The molecule has 0 unspecified atom stereocenters. The molecule has 0 spiro atoms. The van der Waals surface area contributed by atoms with Crippen LogP contribution in [0.15, 0.2) is 48.5 Å². The van der Waals surface area contributed by atoms with Gasteiger partial charge in [0, 0.05) is 24.2 Å². The highest BCUT2D eigenvalue weighted by molar-refractivity contribution is 5.97. The molecule has 10 heteroatoms. The van der Waals surface area contributed by atoms with E-state index < -0.39 is 46.3 Å². The molecule has 2 amide bonds. The van der Waals surface area contributed by atoms with Gasteiger partial charge in [-0.1, -0.05) is 0 Å². The summed E-state index contributed by atoms with van der Waals surface area (Å²) >= 11 is 0. The molecule has 32 heavy (non-hydrogen) atoms. The number of phenols is 6. The Morgan fingerprint density at radius 3 is 1.34 bits per heavy atom. The van der Waals surface area contributed by atoms with Crippen molar-refractivity contribution in [2.75, 3.05) is 0 Å². The normalized spacial score (nSPS) is 10.6. The summed E-state index contributed by atoms with van der Waals surface area (Å²) in [6.45, 7) is -0.305. The number of carbonyl (C=O) groups excluding carboxylic acids is 2. The zero-order valence-corrected chi connectivity index (χ0v) is 16.6. The second-order valence-electron chi connectivity index (χ2n) is 7.07. The highest BCUT2D eigenvalue weighted by Gasteiger charge is 2.20. The van der Waals surface area contributed by atoms with E-state index in [1.165, 1.54) is 29.2 Å². The van der Waals surface area contributed by atoms with Crippen LogP contribution in [0.1, 0.15) is 31.8 Å². The van der Waals surface area contributed by atoms with Gasteiger partial charge in [0.15, 0.2) is 34.5 Å². The van der Waals surface area contributed by atoms with Crippen molar-refractivity contribution in [1.82, 2.24) is 4.90 Å². The molecule has 3 aromatic rings. The van der Waals surface area contributed by atoms with Crippen LogP contribution in [0.3, 0.4) is 0 Å². The maximum atomic E-state index is 13.2. The SMILES string of the molecule is NC(=O)c1ccc(C(=O)N(Cc2cc(O)c(O)c(O)c2)Cc2cc(O)c(O)c(O)c2)cc1. The monoisotopic (exact) mass is 440 g/mol. The highest BCUT2D eigenvalue weighted by Crippen LogP contribution is 2.37. The Balaban J connectivity index is 1.98. The summed E-state index contributed by atoms with van der Waals surface area (Å²) < 4.78 is 0. The Labute approximate surface area is 181 Å². The van der Waals surface area contributed by atoms with E-state index in [-0.39, 0.29) is 35.3 Å². The summed E-state index contributed by atoms with van der Waals surface area (Å²) in [6.07, 6.45) is 0. The molecule has 3 rings (SSSR count). The summed E-state index contributed by atoms with van der Waals surface area (Å²) in [4.78, 5) is 25.7. The van der Waals surface area contributed by atoms with Crippen molar-refractivity contribution < 1.29 is 40.2 Å². The number of rotatable bonds is 6. The van der Waals surface area contributed by atoms with Gasteiger partial charge in [0.2, 0.25) is 5.91 Å². The quantitative estimate of drug-likeness (QED) is 0.283. The van der Waals surface area contributed by atoms with Crippen LogP contribution in [0, 0.1) is 0 Å². The summed E-state index contributed by atoms with van der Waals surface area (Å²) in [5.41, 5.74) is 6.15. The van der Waals surface area contributed by atoms with Crippen molar-refractivity contribution in [2.45, 2.75) is 13.1 Å². The minimum absolute atomic E-state index is 0.153. The third-order valence-electron chi connectivity index (χ3n) is 4.71. The van der Waals surface area contributed by atoms with Crippen LogP contribution in [0.4, 0.5) is 0 Å². The average molecular weight is 440 g/mol. The predicted octanol–water partition coefficient (Wildman–Crippen LogP) is 1.86. The number of nitrogens with zero attached hydrogens (tertiary/aromatic N) is 1. The maximum absolute atomic E-state index is 13.2. The first-order chi connectivity index (χ1) is 15.1. The molecule has 0 fully saturated rings. The number of hydrogen-bond acceptors (Lipinski definition) is 8. The molecule has 0 aromatic heterocycles. The number of hydrogen-bond donors (Lipinski definition) is 7. The Hall–Kier alpha value is -4.60. The van der Waals surface area contributed by atoms with E-state index in [1.54, 1.807) is 0 Å². The van der Waals surface area contributed by atoms with Crippen LogP contribution in [-0.4, -0.2) is 47.4 Å². The first-order valence-electron chi connectivity index (χ1n) is 9.23. The van der Waals surface area contributed by atoms with Gasteiger partial charge in [0.1, 0.15) is 0 Å². The smallest absolute Gasteiger partial charge is 0.254 e. The summed E-state index contributed by atoms with van der Waals surface area (Å²) in [5, 5.41) is 58.2. The molecule has 0 aliphatic heterocycles. The van der Waals surface area contributed by atoms with Gasteiger partial charge >= 0.3 is 0 Å². The van der Waals surface area contributed by atoms with E-state index in [2.05, 4.69) is 0 Å². The Bertz CT molecular complexity index is 1090. The molecule has 0 heterocycles. The van der Waals surface area contributed by atoms with Crippen molar-refractivity contribution in [2.24, 2.45) is 5.73 Å². The molecule has 8 N–H and O–H groups in total. The fraction of sp³-hybridized carbons (Fsp3) is 0.0909. The van der Waals surface area contributed by atoms with Gasteiger partial charge in [-0.15, -0.1) is 0 Å². The van der Waals surface area contributed by atoms with E-state index in [9.17, 15) is 40.2 Å². The predicted molar refractivity (Wildman–Crippen MR) is 111 cm³/mol. The number of benzene rings is 3. The minimum atomic E-state index is -0.706. The fourth-order valence-corrected chi connectivity index (χ4v) is 3.10. The second kappa shape index (κ2) is 8.64. The lowest BCUT2D eigenvalue weighted by Crippen LogP contribution is -2.30. The van der Waals surface area contributed by atoms with Crippen LogP contribution < -0.4 is 5.73 Å². The molecule has 0 radical (unpaired) electrons. The van der Waals surface area contributed by atoms with E-state index in [0.29, 0.717) is 0 Å². The first kappa shape index (κ1) is 22.1. The first-order valence-corrected chi connectivity index (χ1v) is 9.23. The Morgan fingerprint density at radius 1 is 0.656 bits per heavy atom. The highest BCUT2D eigenvalue weighted by atomic mass is 16.3. The minimum Gasteiger partial charge on any atom is -0.504 e. The Morgan fingerprint density at radius 2 is 1.00 bits per heavy atom. The average Bonchev–Trinajstić information content (AvgIpc) is 2.74. The molecule has 0 saturated carbocycles. The third kappa shape index (κ3) is 4.59. The van der Waals surface area contributed by atoms with Gasteiger partial charge in [-0.25, -0.2) is 0 Å². The number of aromatic hydroxyl groups is 6. The van der Waals surface area contributed by atoms with Gasteiger partial charge in [0.05, 0.1) is 0 Å². The molecule has 10 nitrogen and oxygen atoms in total. The second-order valence-corrected chi connectivity index (χ2v) is 7.07. The van der Waals surface area contributed by atoms with Gasteiger partial charge < -0.3 is 41.3 Å². The number of carbonyl (C=O) groups is 2. The van der Waals surface area contributed by atoms with E-state index in [4.69, 9.17) is 5.73 Å². The molecule has 3 aromatic carbocycles. The lowest BCUT2D eigenvalue weighted by molar-refractivity contribution is 0.0728. The van der Waals surface area contributed by atoms with E-state index >= 15 is 0 Å². The van der Waals surface area contributed by atoms with Gasteiger partial charge in [-0.3, -0.25) is 9.59 Å². The van der Waals surface area contributed by atoms with Crippen molar-refractivity contribution in [1.29, 1.82) is 0 Å². The van der Waals surface area contributed by atoms with Crippen molar-refractivity contribution in [3.05, 3.63) is 70.8 Å². The van der Waals surface area contributed by atoms with Crippen molar-refractivity contribution >= 4 is 11.8 Å². The van der Waals surface area contributed by atoms with Gasteiger partial charge in [0.25, 0.3) is 5.91 Å². The van der Waals surface area contributed by atoms with Crippen LogP contribution in [0.2, 0.25) is 0 Å². The number of amides is 2. The standard InChI is InChI=1S/C22H20N2O8/c23-21(31)13-1-3-14(4-2-13)22(32)24(9-11-5-15(25)19(29)16(26)6-11)10-12-7-17(27)20(30)18(28)8-12/h1-8,25-30H,9-10H2,(H2,23,31).